The first-order valence-electron chi connectivity index (χ1n) is 4.01. The number of aliphatic hydroxyl groups excluding tert-OH is 1. The van der Waals surface area contributed by atoms with Gasteiger partial charge in [0.1, 0.15) is 12.4 Å². The summed E-state index contributed by atoms with van der Waals surface area (Å²) in [6.45, 7) is 0.0619. The van der Waals surface area contributed by atoms with E-state index < -0.39 is 5.97 Å². The van der Waals surface area contributed by atoms with Crippen LogP contribution in [-0.4, -0.2) is 29.4 Å². The molecule has 1 aromatic carbocycles. The van der Waals surface area contributed by atoms with Crippen LogP contribution in [0, 0.1) is 0 Å². The predicted molar refractivity (Wildman–Crippen MR) is 50.4 cm³/mol. The quantitative estimate of drug-likeness (QED) is 0.605. The van der Waals surface area contributed by atoms with Crippen molar-refractivity contribution in [1.82, 2.24) is 0 Å². The van der Waals surface area contributed by atoms with E-state index in [0.29, 0.717) is 5.75 Å². The smallest absolute Gasteiger partial charge is 0.337 e. The molecule has 0 unspecified atom stereocenters. The predicted octanol–water partition coefficient (Wildman–Crippen LogP) is 0.338. The summed E-state index contributed by atoms with van der Waals surface area (Å²) in [5.74, 6) is -0.627. The molecule has 5 nitrogen and oxygen atoms in total. The summed E-state index contributed by atoms with van der Waals surface area (Å²) in [5, 5.41) is 17.2. The van der Waals surface area contributed by atoms with Gasteiger partial charge in [0.25, 0.3) is 0 Å². The normalized spacial score (nSPS) is 9.79. The van der Waals surface area contributed by atoms with Crippen molar-refractivity contribution >= 4 is 11.7 Å². The van der Waals surface area contributed by atoms with Gasteiger partial charge in [0, 0.05) is 11.8 Å². The number of carbonyl (C=O) groups is 1. The number of nitrogens with two attached hydrogens (primary N) is 1. The molecule has 5 heteroatoms. The van der Waals surface area contributed by atoms with E-state index in [1.54, 1.807) is 0 Å². The van der Waals surface area contributed by atoms with E-state index in [9.17, 15) is 4.79 Å². The van der Waals surface area contributed by atoms with Crippen LogP contribution in [0.3, 0.4) is 0 Å². The Bertz CT molecular complexity index is 338. The lowest BCUT2D eigenvalue weighted by Crippen LogP contribution is -2.05. The summed E-state index contributed by atoms with van der Waals surface area (Å²) in [4.78, 5) is 10.6. The highest BCUT2D eigenvalue weighted by molar-refractivity contribution is 5.93. The molecule has 0 heterocycles. The van der Waals surface area contributed by atoms with Gasteiger partial charge in [-0.2, -0.15) is 0 Å². The average Bonchev–Trinajstić information content (AvgIpc) is 2.14. The third-order valence-electron chi connectivity index (χ3n) is 1.61. The van der Waals surface area contributed by atoms with Crippen LogP contribution in [0.5, 0.6) is 5.75 Å². The Hall–Kier alpha value is -1.75. The summed E-state index contributed by atoms with van der Waals surface area (Å²) in [5.41, 5.74) is 5.66. The van der Waals surface area contributed by atoms with E-state index in [1.807, 2.05) is 0 Å². The lowest BCUT2D eigenvalue weighted by molar-refractivity contribution is 0.0698. The van der Waals surface area contributed by atoms with Gasteiger partial charge in [-0.3, -0.25) is 0 Å². The molecule has 0 fully saturated rings. The molecule has 0 aromatic heterocycles. The summed E-state index contributed by atoms with van der Waals surface area (Å²) >= 11 is 0. The fourth-order valence-corrected chi connectivity index (χ4v) is 0.989. The zero-order chi connectivity index (χ0) is 10.6. The summed E-state index contributed by atoms with van der Waals surface area (Å²) in [7, 11) is 0. The van der Waals surface area contributed by atoms with E-state index in [-0.39, 0.29) is 24.5 Å². The van der Waals surface area contributed by atoms with E-state index >= 15 is 0 Å². The molecule has 1 aromatic rings. The first-order chi connectivity index (χ1) is 6.65. The van der Waals surface area contributed by atoms with Crippen molar-refractivity contribution in [3.63, 3.8) is 0 Å². The van der Waals surface area contributed by atoms with E-state index in [2.05, 4.69) is 0 Å². The van der Waals surface area contributed by atoms with Gasteiger partial charge in [0.05, 0.1) is 12.2 Å². The van der Waals surface area contributed by atoms with Crippen molar-refractivity contribution in [2.75, 3.05) is 18.9 Å². The molecule has 1 rings (SSSR count). The number of hydrogen-bond donors (Lipinski definition) is 3. The molecule has 0 saturated carbocycles. The monoisotopic (exact) mass is 197 g/mol. The average molecular weight is 197 g/mol. The number of carboxylic acid groups (broad SMARTS) is 1. The maximum atomic E-state index is 10.6. The van der Waals surface area contributed by atoms with E-state index in [0.717, 1.165) is 0 Å². The standard InChI is InChI=1S/C9H11NO4/c10-8-5-6(14-4-3-11)1-2-7(8)9(12)13/h1-2,5,11H,3-4,10H2,(H,12,13). The van der Waals surface area contributed by atoms with Crippen LogP contribution in [0.15, 0.2) is 18.2 Å². The summed E-state index contributed by atoms with van der Waals surface area (Å²) in [6.07, 6.45) is 0. The molecule has 0 aliphatic rings. The second-order valence-electron chi connectivity index (χ2n) is 2.63. The molecule has 14 heavy (non-hydrogen) atoms. The number of aromatic carboxylic acids is 1. The third-order valence-corrected chi connectivity index (χ3v) is 1.61. The number of benzene rings is 1. The van der Waals surface area contributed by atoms with Gasteiger partial charge in [-0.05, 0) is 12.1 Å². The zero-order valence-corrected chi connectivity index (χ0v) is 7.43. The highest BCUT2D eigenvalue weighted by atomic mass is 16.5. The highest BCUT2D eigenvalue weighted by Crippen LogP contribution is 2.19. The van der Waals surface area contributed by atoms with Gasteiger partial charge in [0.15, 0.2) is 0 Å². The molecule has 0 bridgehead atoms. The molecule has 4 N–H and O–H groups in total. The van der Waals surface area contributed by atoms with Gasteiger partial charge < -0.3 is 20.7 Å². The van der Waals surface area contributed by atoms with Crippen LogP contribution in [0.25, 0.3) is 0 Å². The van der Waals surface area contributed by atoms with Gasteiger partial charge in [-0.15, -0.1) is 0 Å². The van der Waals surface area contributed by atoms with Gasteiger partial charge in [0.2, 0.25) is 0 Å². The Labute approximate surface area is 80.7 Å². The Morgan fingerprint density at radius 3 is 2.71 bits per heavy atom. The van der Waals surface area contributed by atoms with Crippen LogP contribution >= 0.6 is 0 Å². The molecule has 0 saturated heterocycles. The zero-order valence-electron chi connectivity index (χ0n) is 7.43. The minimum Gasteiger partial charge on any atom is -0.491 e. The second-order valence-corrected chi connectivity index (χ2v) is 2.63. The van der Waals surface area contributed by atoms with Crippen molar-refractivity contribution in [1.29, 1.82) is 0 Å². The Morgan fingerprint density at radius 2 is 2.21 bits per heavy atom. The molecule has 0 radical (unpaired) electrons. The van der Waals surface area contributed by atoms with Gasteiger partial charge >= 0.3 is 5.97 Å². The number of aliphatic hydroxyl groups is 1. The van der Waals surface area contributed by atoms with Crippen molar-refractivity contribution in [2.45, 2.75) is 0 Å². The number of anilines is 1. The Balaban J connectivity index is 2.83. The SMILES string of the molecule is Nc1cc(OCCO)ccc1C(=O)O. The molecule has 0 amide bonds. The maximum absolute atomic E-state index is 10.6. The van der Waals surface area contributed by atoms with Crippen molar-refractivity contribution in [3.05, 3.63) is 23.8 Å². The fourth-order valence-electron chi connectivity index (χ4n) is 0.989. The van der Waals surface area contributed by atoms with Crippen molar-refractivity contribution in [2.24, 2.45) is 0 Å². The second kappa shape index (κ2) is 4.48. The molecule has 0 aliphatic carbocycles. The fraction of sp³-hybridized carbons (Fsp3) is 0.222. The highest BCUT2D eigenvalue weighted by Gasteiger charge is 2.07. The van der Waals surface area contributed by atoms with Gasteiger partial charge in [-0.1, -0.05) is 0 Å². The topological polar surface area (TPSA) is 92.8 Å². The third kappa shape index (κ3) is 2.37. The largest absolute Gasteiger partial charge is 0.491 e. The number of ether oxygens (including phenoxy) is 1. The van der Waals surface area contributed by atoms with Crippen LogP contribution in [0.2, 0.25) is 0 Å². The minimum absolute atomic E-state index is 0.0429. The van der Waals surface area contributed by atoms with Gasteiger partial charge in [-0.25, -0.2) is 4.79 Å². The minimum atomic E-state index is -1.07. The van der Waals surface area contributed by atoms with Crippen LogP contribution in [-0.2, 0) is 0 Å². The van der Waals surface area contributed by atoms with Crippen LogP contribution in [0.1, 0.15) is 10.4 Å². The van der Waals surface area contributed by atoms with E-state index in [1.165, 1.54) is 18.2 Å². The molecule has 76 valence electrons. The molecular weight excluding hydrogens is 186 g/mol. The Morgan fingerprint density at radius 1 is 1.50 bits per heavy atom. The van der Waals surface area contributed by atoms with Crippen LogP contribution in [0.4, 0.5) is 5.69 Å². The van der Waals surface area contributed by atoms with Crippen molar-refractivity contribution < 1.29 is 19.7 Å². The van der Waals surface area contributed by atoms with E-state index in [4.69, 9.17) is 20.7 Å². The first-order valence-corrected chi connectivity index (χ1v) is 4.01. The molecule has 0 atom stereocenters. The maximum Gasteiger partial charge on any atom is 0.337 e. The van der Waals surface area contributed by atoms with Crippen molar-refractivity contribution in [3.8, 4) is 5.75 Å². The molecule has 0 aliphatic heterocycles. The lowest BCUT2D eigenvalue weighted by Gasteiger charge is -2.06. The first kappa shape index (κ1) is 10.3. The Kier molecular flexibility index (Phi) is 3.30. The number of carboxylic acids is 1. The lowest BCUT2D eigenvalue weighted by atomic mass is 10.2. The molecule has 0 spiro atoms. The summed E-state index contributed by atoms with van der Waals surface area (Å²) in [6, 6.07) is 4.28. The summed E-state index contributed by atoms with van der Waals surface area (Å²) < 4.78 is 5.05. The van der Waals surface area contributed by atoms with Crippen LogP contribution < -0.4 is 10.5 Å². The number of nitrogen functional groups attached to an aromatic ring is 1. The molecular formula is C9H11NO4. The number of hydrogen-bond acceptors (Lipinski definition) is 4. The number of rotatable bonds is 4.